The van der Waals surface area contributed by atoms with Crippen LogP contribution in [0.1, 0.15) is 24.0 Å². The zero-order valence-electron chi connectivity index (χ0n) is 10.7. The smallest absolute Gasteiger partial charge is 0.240 e. The van der Waals surface area contributed by atoms with E-state index in [1.54, 1.807) is 19.1 Å². The summed E-state index contributed by atoms with van der Waals surface area (Å²) in [6.07, 6.45) is 1.80. The van der Waals surface area contributed by atoms with E-state index in [0.717, 1.165) is 12.8 Å². The van der Waals surface area contributed by atoms with Crippen LogP contribution in [-0.4, -0.2) is 27.7 Å². The fourth-order valence-corrected chi connectivity index (χ4v) is 3.38. The van der Waals surface area contributed by atoms with Gasteiger partial charge in [-0.15, -0.1) is 0 Å². The average molecular weight is 280 g/mol. The molecule has 1 heterocycles. The lowest BCUT2D eigenvalue weighted by molar-refractivity contribution is 0.114. The molecule has 0 bridgehead atoms. The zero-order valence-corrected chi connectivity index (χ0v) is 11.5. The highest BCUT2D eigenvalue weighted by Crippen LogP contribution is 2.17. The number of rotatable bonds is 4. The van der Waals surface area contributed by atoms with Gasteiger partial charge in [-0.1, -0.05) is 6.07 Å². The molecule has 102 valence electrons. The van der Waals surface area contributed by atoms with E-state index < -0.39 is 10.0 Å². The second kappa shape index (κ2) is 5.70. The van der Waals surface area contributed by atoms with Gasteiger partial charge in [0.15, 0.2) is 0 Å². The highest BCUT2D eigenvalue weighted by molar-refractivity contribution is 7.89. The van der Waals surface area contributed by atoms with Crippen molar-refractivity contribution in [3.05, 3.63) is 29.3 Å². The molecule has 1 atom stereocenters. The van der Waals surface area contributed by atoms with Gasteiger partial charge < -0.3 is 4.74 Å². The zero-order chi connectivity index (χ0) is 13.9. The van der Waals surface area contributed by atoms with Crippen molar-refractivity contribution in [2.75, 3.05) is 13.2 Å². The standard InChI is InChI=1S/C13H16N2O3S/c1-10-4-5-11(8-14)7-13(10)19(16,17)15-9-12-3-2-6-18-12/h4-5,7,12,15H,2-3,6,9H2,1H3. The lowest BCUT2D eigenvalue weighted by atomic mass is 10.2. The van der Waals surface area contributed by atoms with Crippen LogP contribution in [0.25, 0.3) is 0 Å². The topological polar surface area (TPSA) is 79.2 Å². The van der Waals surface area contributed by atoms with Gasteiger partial charge in [-0.2, -0.15) is 5.26 Å². The molecule has 0 aromatic heterocycles. The molecule has 1 aromatic carbocycles. The summed E-state index contributed by atoms with van der Waals surface area (Å²) in [5, 5.41) is 8.84. The van der Waals surface area contributed by atoms with E-state index in [0.29, 0.717) is 17.7 Å². The first kappa shape index (κ1) is 14.0. The maximum atomic E-state index is 12.2. The van der Waals surface area contributed by atoms with E-state index in [2.05, 4.69) is 4.72 Å². The second-order valence-electron chi connectivity index (χ2n) is 4.58. The van der Waals surface area contributed by atoms with Crippen LogP contribution in [0.5, 0.6) is 0 Å². The van der Waals surface area contributed by atoms with Gasteiger partial charge in [0.05, 0.1) is 22.6 Å². The molecule has 0 amide bonds. The van der Waals surface area contributed by atoms with Crippen LogP contribution < -0.4 is 4.72 Å². The van der Waals surface area contributed by atoms with E-state index >= 15 is 0 Å². The highest BCUT2D eigenvalue weighted by atomic mass is 32.2. The predicted molar refractivity (Wildman–Crippen MR) is 70.1 cm³/mol. The predicted octanol–water partition coefficient (Wildman–Crippen LogP) is 1.32. The van der Waals surface area contributed by atoms with Gasteiger partial charge in [0.1, 0.15) is 0 Å². The molecule has 6 heteroatoms. The van der Waals surface area contributed by atoms with Crippen molar-refractivity contribution in [3.8, 4) is 6.07 Å². The number of nitriles is 1. The van der Waals surface area contributed by atoms with E-state index in [9.17, 15) is 8.42 Å². The van der Waals surface area contributed by atoms with Crippen LogP contribution >= 0.6 is 0 Å². The quantitative estimate of drug-likeness (QED) is 0.902. The summed E-state index contributed by atoms with van der Waals surface area (Å²) in [6.45, 7) is 2.68. The molecule has 0 aliphatic carbocycles. The van der Waals surface area contributed by atoms with Crippen LogP contribution in [0.3, 0.4) is 0 Å². The summed E-state index contributed by atoms with van der Waals surface area (Å²) in [4.78, 5) is 0.157. The Morgan fingerprint density at radius 1 is 1.53 bits per heavy atom. The van der Waals surface area contributed by atoms with Crippen LogP contribution in [-0.2, 0) is 14.8 Å². The molecule has 2 rings (SSSR count). The van der Waals surface area contributed by atoms with Crippen molar-refractivity contribution < 1.29 is 13.2 Å². The lowest BCUT2D eigenvalue weighted by Gasteiger charge is -2.13. The Bertz CT molecular complexity index is 599. The van der Waals surface area contributed by atoms with Crippen LogP contribution in [0.15, 0.2) is 23.1 Å². The fraction of sp³-hybridized carbons (Fsp3) is 0.462. The molecule has 0 saturated carbocycles. The van der Waals surface area contributed by atoms with Gasteiger partial charge in [0.25, 0.3) is 0 Å². The summed E-state index contributed by atoms with van der Waals surface area (Å²) in [6, 6.07) is 6.59. The third-order valence-corrected chi connectivity index (χ3v) is 4.70. The molecule has 1 aliphatic rings. The Morgan fingerprint density at radius 3 is 2.95 bits per heavy atom. The monoisotopic (exact) mass is 280 g/mol. The molecule has 5 nitrogen and oxygen atoms in total. The molecular formula is C13H16N2O3S. The number of sulfonamides is 1. The third kappa shape index (κ3) is 3.32. The Hall–Kier alpha value is -1.42. The Labute approximate surface area is 113 Å². The SMILES string of the molecule is Cc1ccc(C#N)cc1S(=O)(=O)NCC1CCCO1. The number of ether oxygens (including phenoxy) is 1. The lowest BCUT2D eigenvalue weighted by Crippen LogP contribution is -2.32. The summed E-state index contributed by atoms with van der Waals surface area (Å²) >= 11 is 0. The van der Waals surface area contributed by atoms with Gasteiger partial charge in [0.2, 0.25) is 10.0 Å². The Morgan fingerprint density at radius 2 is 2.32 bits per heavy atom. The summed E-state index contributed by atoms with van der Waals surface area (Å²) in [5.41, 5.74) is 0.960. The number of benzene rings is 1. The largest absolute Gasteiger partial charge is 0.377 e. The molecule has 1 aliphatic heterocycles. The Balaban J connectivity index is 2.16. The van der Waals surface area contributed by atoms with E-state index in [1.165, 1.54) is 6.07 Å². The first-order valence-electron chi connectivity index (χ1n) is 6.15. The molecule has 0 radical (unpaired) electrons. The molecule has 1 N–H and O–H groups in total. The van der Waals surface area contributed by atoms with Gasteiger partial charge in [-0.05, 0) is 37.5 Å². The summed E-state index contributed by atoms with van der Waals surface area (Å²) in [7, 11) is -3.59. The Kier molecular flexibility index (Phi) is 4.20. The van der Waals surface area contributed by atoms with Crippen molar-refractivity contribution in [1.82, 2.24) is 4.72 Å². The molecule has 1 fully saturated rings. The maximum absolute atomic E-state index is 12.2. The van der Waals surface area contributed by atoms with Crippen LogP contribution in [0.2, 0.25) is 0 Å². The number of hydrogen-bond donors (Lipinski definition) is 1. The third-order valence-electron chi connectivity index (χ3n) is 3.13. The first-order chi connectivity index (χ1) is 9.03. The molecule has 1 aromatic rings. The van der Waals surface area contributed by atoms with Gasteiger partial charge >= 0.3 is 0 Å². The number of nitrogens with one attached hydrogen (secondary N) is 1. The molecule has 1 unspecified atom stereocenters. The fourth-order valence-electron chi connectivity index (χ4n) is 2.04. The maximum Gasteiger partial charge on any atom is 0.240 e. The van der Waals surface area contributed by atoms with E-state index in [4.69, 9.17) is 10.00 Å². The van der Waals surface area contributed by atoms with Crippen molar-refractivity contribution in [3.63, 3.8) is 0 Å². The van der Waals surface area contributed by atoms with Crippen molar-refractivity contribution in [1.29, 1.82) is 5.26 Å². The number of aryl methyl sites for hydroxylation is 1. The number of hydrogen-bond acceptors (Lipinski definition) is 4. The minimum Gasteiger partial charge on any atom is -0.377 e. The van der Waals surface area contributed by atoms with E-state index in [1.807, 2.05) is 6.07 Å². The molecular weight excluding hydrogens is 264 g/mol. The first-order valence-corrected chi connectivity index (χ1v) is 7.63. The minimum atomic E-state index is -3.59. The van der Waals surface area contributed by atoms with Crippen molar-refractivity contribution in [2.45, 2.75) is 30.8 Å². The summed E-state index contributed by atoms with van der Waals surface area (Å²) < 4.78 is 32.3. The molecule has 1 saturated heterocycles. The minimum absolute atomic E-state index is 0.0470. The average Bonchev–Trinajstić information content (AvgIpc) is 2.90. The number of nitrogens with zero attached hydrogens (tertiary/aromatic N) is 1. The van der Waals surface area contributed by atoms with Crippen LogP contribution in [0.4, 0.5) is 0 Å². The normalized spacial score (nSPS) is 19.3. The van der Waals surface area contributed by atoms with Gasteiger partial charge in [-0.25, -0.2) is 13.1 Å². The van der Waals surface area contributed by atoms with Crippen LogP contribution in [0, 0.1) is 18.3 Å². The second-order valence-corrected chi connectivity index (χ2v) is 6.31. The highest BCUT2D eigenvalue weighted by Gasteiger charge is 2.21. The van der Waals surface area contributed by atoms with Gasteiger partial charge in [0, 0.05) is 13.2 Å². The molecule has 0 spiro atoms. The summed E-state index contributed by atoms with van der Waals surface area (Å²) in [5.74, 6) is 0. The van der Waals surface area contributed by atoms with Gasteiger partial charge in [-0.3, -0.25) is 0 Å². The molecule has 19 heavy (non-hydrogen) atoms. The van der Waals surface area contributed by atoms with Crippen molar-refractivity contribution >= 4 is 10.0 Å². The van der Waals surface area contributed by atoms with E-state index in [-0.39, 0.29) is 17.5 Å². The van der Waals surface area contributed by atoms with Crippen molar-refractivity contribution in [2.24, 2.45) is 0 Å².